The molecule has 2 aromatic rings. The number of hydrogen-bond donors (Lipinski definition) is 1. The minimum atomic E-state index is -0.426. The highest BCUT2D eigenvalue weighted by Gasteiger charge is 2.50. The molecule has 0 aromatic heterocycles. The van der Waals surface area contributed by atoms with Crippen molar-refractivity contribution in [3.63, 3.8) is 0 Å². The third-order valence-electron chi connectivity index (χ3n) is 7.92. The van der Waals surface area contributed by atoms with E-state index in [-0.39, 0.29) is 5.41 Å². The van der Waals surface area contributed by atoms with Gasteiger partial charge in [-0.1, -0.05) is 64.8 Å². The molecule has 0 heterocycles. The Bertz CT molecular complexity index is 973. The van der Waals surface area contributed by atoms with Crippen LogP contribution in [0.5, 0.6) is 5.75 Å². The van der Waals surface area contributed by atoms with E-state index in [1.54, 1.807) is 0 Å². The van der Waals surface area contributed by atoms with Gasteiger partial charge in [-0.15, -0.1) is 0 Å². The van der Waals surface area contributed by atoms with E-state index in [2.05, 4.69) is 46.0 Å². The van der Waals surface area contributed by atoms with Gasteiger partial charge in [0.1, 0.15) is 5.75 Å². The molecule has 1 saturated carbocycles. The molecule has 1 fully saturated rings. The Morgan fingerprint density at radius 3 is 2.45 bits per heavy atom. The van der Waals surface area contributed by atoms with Gasteiger partial charge < -0.3 is 4.74 Å². The maximum atomic E-state index is 12.7. The fourth-order valence-corrected chi connectivity index (χ4v) is 6.49. The Balaban J connectivity index is 1.66. The van der Waals surface area contributed by atoms with Crippen LogP contribution in [0.15, 0.2) is 36.4 Å². The summed E-state index contributed by atoms with van der Waals surface area (Å²) in [5.41, 5.74) is 6.62. The van der Waals surface area contributed by atoms with E-state index >= 15 is 0 Å². The van der Waals surface area contributed by atoms with Crippen molar-refractivity contribution < 1.29 is 9.53 Å². The third-order valence-corrected chi connectivity index (χ3v) is 7.92. The minimum Gasteiger partial charge on any atom is -0.410 e. The zero-order chi connectivity index (χ0) is 22.4. The zero-order valence-corrected chi connectivity index (χ0v) is 20.0. The third kappa shape index (κ3) is 4.00. The molecule has 0 aliphatic heterocycles. The molecule has 0 radical (unpaired) electrons. The second kappa shape index (κ2) is 8.00. The summed E-state index contributed by atoms with van der Waals surface area (Å²) in [4.78, 5) is 12.7. The summed E-state index contributed by atoms with van der Waals surface area (Å²) in [6.07, 6.45) is 5.72. The van der Waals surface area contributed by atoms with Crippen molar-refractivity contribution in [2.24, 2.45) is 11.3 Å². The number of amides is 1. The normalized spacial score (nSPS) is 24.3. The van der Waals surface area contributed by atoms with Crippen LogP contribution in [0.3, 0.4) is 0 Å². The first kappa shape index (κ1) is 21.9. The van der Waals surface area contributed by atoms with Gasteiger partial charge in [-0.2, -0.15) is 0 Å². The number of hydrogen-bond acceptors (Lipinski definition) is 2. The smallest absolute Gasteiger partial charge is 0.410 e. The number of nitrogens with one attached hydrogen (secondary N) is 1. The predicted octanol–water partition coefficient (Wildman–Crippen LogP) is 7.76. The molecule has 166 valence electrons. The van der Waals surface area contributed by atoms with Crippen LogP contribution in [0, 0.1) is 18.3 Å². The van der Waals surface area contributed by atoms with E-state index in [9.17, 15) is 4.79 Å². The molecule has 0 spiro atoms. The number of ether oxygens (including phenoxy) is 1. The van der Waals surface area contributed by atoms with Crippen molar-refractivity contribution in [2.45, 2.75) is 85.0 Å². The molecule has 3 nitrogen and oxygen atoms in total. The summed E-state index contributed by atoms with van der Waals surface area (Å²) in [6.45, 7) is 13.8. The van der Waals surface area contributed by atoms with Crippen molar-refractivity contribution in [3.05, 3.63) is 58.7 Å². The fraction of sp³-hybridized carbons (Fsp3) is 0.536. The molecule has 1 N–H and O–H groups in total. The van der Waals surface area contributed by atoms with Gasteiger partial charge >= 0.3 is 6.09 Å². The Morgan fingerprint density at radius 2 is 1.77 bits per heavy atom. The summed E-state index contributed by atoms with van der Waals surface area (Å²) < 4.78 is 5.87. The molecular weight excluding hydrogens is 382 g/mol. The molecule has 31 heavy (non-hydrogen) atoms. The first-order valence-electron chi connectivity index (χ1n) is 11.8. The van der Waals surface area contributed by atoms with Crippen LogP contribution < -0.4 is 10.1 Å². The number of carbonyl (C=O) groups is 1. The molecular formula is C28H37NO2. The van der Waals surface area contributed by atoms with E-state index in [1.807, 2.05) is 37.3 Å². The van der Waals surface area contributed by atoms with Gasteiger partial charge in [0.2, 0.25) is 0 Å². The number of carbonyl (C=O) groups excluding carboxylic acids is 1. The van der Waals surface area contributed by atoms with Crippen molar-refractivity contribution in [3.8, 4) is 5.75 Å². The molecule has 1 unspecified atom stereocenters. The minimum absolute atomic E-state index is 0.210. The summed E-state index contributed by atoms with van der Waals surface area (Å²) in [5, 5.41) is 2.87. The van der Waals surface area contributed by atoms with Gasteiger partial charge in [-0.05, 0) is 84.6 Å². The quantitative estimate of drug-likeness (QED) is 0.552. The summed E-state index contributed by atoms with van der Waals surface area (Å²) >= 11 is 0. The topological polar surface area (TPSA) is 38.3 Å². The standard InChI is InChI=1S/C28H37NO2/c1-18(2)25-21-12-15-24-27(4,5)16-7-17-28(24,6)22(21)13-14-23(25)31-26(30)29-20-10-8-19(3)9-11-20/h8-11,13-14,18,24H,7,12,15-17H2,1-6H3,(H,29,30)/t24?,28-/m1/s1. The van der Waals surface area contributed by atoms with Crippen LogP contribution in [-0.2, 0) is 11.8 Å². The summed E-state index contributed by atoms with van der Waals surface area (Å²) in [6, 6.07) is 12.1. The molecule has 4 rings (SSSR count). The van der Waals surface area contributed by atoms with Crippen molar-refractivity contribution in [2.75, 3.05) is 5.32 Å². The van der Waals surface area contributed by atoms with Gasteiger partial charge in [-0.3, -0.25) is 5.32 Å². The number of benzene rings is 2. The molecule has 0 saturated heterocycles. The lowest BCUT2D eigenvalue weighted by atomic mass is 9.50. The van der Waals surface area contributed by atoms with Gasteiger partial charge in [0.25, 0.3) is 0 Å². The zero-order valence-electron chi connectivity index (χ0n) is 20.0. The molecule has 0 bridgehead atoms. The first-order valence-corrected chi connectivity index (χ1v) is 11.8. The lowest BCUT2D eigenvalue weighted by molar-refractivity contribution is 0.0404. The van der Waals surface area contributed by atoms with Crippen LogP contribution in [0.2, 0.25) is 0 Å². The number of aryl methyl sites for hydroxylation is 1. The van der Waals surface area contributed by atoms with Gasteiger partial charge in [-0.25, -0.2) is 4.79 Å². The lowest BCUT2D eigenvalue weighted by Crippen LogP contribution is -2.48. The van der Waals surface area contributed by atoms with E-state index in [0.29, 0.717) is 23.0 Å². The SMILES string of the molecule is Cc1ccc(NC(=O)Oc2ccc3c(c2C(C)C)CCC2C(C)(C)CCC[C@]32C)cc1. The highest BCUT2D eigenvalue weighted by molar-refractivity contribution is 5.86. The monoisotopic (exact) mass is 419 g/mol. The van der Waals surface area contributed by atoms with Crippen LogP contribution >= 0.6 is 0 Å². The molecule has 3 heteroatoms. The maximum Gasteiger partial charge on any atom is 0.417 e. The average Bonchev–Trinajstić information content (AvgIpc) is 2.68. The number of anilines is 1. The Kier molecular flexibility index (Phi) is 5.66. The molecule has 2 aliphatic rings. The predicted molar refractivity (Wildman–Crippen MR) is 128 cm³/mol. The van der Waals surface area contributed by atoms with Crippen LogP contribution in [0.4, 0.5) is 10.5 Å². The summed E-state index contributed by atoms with van der Waals surface area (Å²) in [7, 11) is 0. The van der Waals surface area contributed by atoms with Gasteiger partial charge in [0.15, 0.2) is 0 Å². The highest BCUT2D eigenvalue weighted by atomic mass is 16.6. The van der Waals surface area contributed by atoms with E-state index < -0.39 is 6.09 Å². The molecule has 2 aliphatic carbocycles. The molecule has 1 amide bonds. The second-order valence-corrected chi connectivity index (χ2v) is 10.9. The van der Waals surface area contributed by atoms with Gasteiger partial charge in [0.05, 0.1) is 0 Å². The fourth-order valence-electron chi connectivity index (χ4n) is 6.49. The van der Waals surface area contributed by atoms with Crippen LogP contribution in [-0.4, -0.2) is 6.09 Å². The summed E-state index contributed by atoms with van der Waals surface area (Å²) in [5.74, 6) is 1.71. The van der Waals surface area contributed by atoms with Crippen LogP contribution in [0.1, 0.15) is 88.5 Å². The van der Waals surface area contributed by atoms with Crippen molar-refractivity contribution in [1.29, 1.82) is 0 Å². The number of rotatable bonds is 3. The molecule has 2 atom stereocenters. The highest BCUT2D eigenvalue weighted by Crippen LogP contribution is 2.58. The van der Waals surface area contributed by atoms with Crippen molar-refractivity contribution in [1.82, 2.24) is 0 Å². The van der Waals surface area contributed by atoms with Crippen molar-refractivity contribution >= 4 is 11.8 Å². The Morgan fingerprint density at radius 1 is 1.06 bits per heavy atom. The Labute approximate surface area is 187 Å². The van der Waals surface area contributed by atoms with Crippen LogP contribution in [0.25, 0.3) is 0 Å². The Hall–Kier alpha value is -2.29. The van der Waals surface area contributed by atoms with E-state index in [0.717, 1.165) is 17.7 Å². The van der Waals surface area contributed by atoms with Gasteiger partial charge in [0, 0.05) is 11.3 Å². The van der Waals surface area contributed by atoms with E-state index in [1.165, 1.54) is 42.4 Å². The van der Waals surface area contributed by atoms with E-state index in [4.69, 9.17) is 4.74 Å². The average molecular weight is 420 g/mol. The number of fused-ring (bicyclic) bond motifs is 3. The first-order chi connectivity index (χ1) is 14.6. The maximum absolute atomic E-state index is 12.7. The largest absolute Gasteiger partial charge is 0.417 e. The lowest BCUT2D eigenvalue weighted by Gasteiger charge is -2.54. The molecule has 2 aromatic carbocycles. The second-order valence-electron chi connectivity index (χ2n) is 10.9.